The first-order chi connectivity index (χ1) is 6.36. The van der Waals surface area contributed by atoms with Crippen molar-refractivity contribution in [2.75, 3.05) is 0 Å². The minimum Gasteiger partial charge on any atom is -0.424 e. The summed E-state index contributed by atoms with van der Waals surface area (Å²) < 4.78 is 5.35. The average molecular weight is 195 g/mol. The van der Waals surface area contributed by atoms with Gasteiger partial charge in [-0.05, 0) is 12.1 Å². The van der Waals surface area contributed by atoms with E-state index < -0.39 is 0 Å². The third-order valence-corrected chi connectivity index (χ3v) is 1.83. The Morgan fingerprint density at radius 1 is 1.31 bits per heavy atom. The van der Waals surface area contributed by atoms with E-state index in [-0.39, 0.29) is 0 Å². The number of halogens is 1. The van der Waals surface area contributed by atoms with Crippen LogP contribution in [-0.4, -0.2) is 9.97 Å². The van der Waals surface area contributed by atoms with Crippen molar-refractivity contribution >= 4 is 11.6 Å². The van der Waals surface area contributed by atoms with E-state index in [4.69, 9.17) is 16.3 Å². The molecule has 13 heavy (non-hydrogen) atoms. The Kier molecular flexibility index (Phi) is 2.19. The molecule has 0 saturated heterocycles. The maximum Gasteiger partial charge on any atom is 0.299 e. The van der Waals surface area contributed by atoms with Gasteiger partial charge in [0.2, 0.25) is 0 Å². The van der Waals surface area contributed by atoms with E-state index in [0.717, 1.165) is 0 Å². The minimum atomic E-state index is 0.438. The highest BCUT2D eigenvalue weighted by molar-refractivity contribution is 6.32. The number of aromatic nitrogens is 2. The van der Waals surface area contributed by atoms with E-state index in [9.17, 15) is 0 Å². The normalized spacial score (nSPS) is 9.92. The van der Waals surface area contributed by atoms with E-state index in [0.29, 0.717) is 16.8 Å². The third-order valence-electron chi connectivity index (χ3n) is 1.52. The fourth-order valence-electron chi connectivity index (χ4n) is 0.938. The van der Waals surface area contributed by atoms with Crippen LogP contribution in [0.1, 0.15) is 0 Å². The number of nitrogens with one attached hydrogen (secondary N) is 1. The molecule has 1 N–H and O–H groups in total. The summed E-state index contributed by atoms with van der Waals surface area (Å²) in [7, 11) is 0. The van der Waals surface area contributed by atoms with Crippen LogP contribution in [0.3, 0.4) is 0 Å². The molecule has 0 bridgehead atoms. The molecular weight excluding hydrogens is 188 g/mol. The predicted molar refractivity (Wildman–Crippen MR) is 50.1 cm³/mol. The molecule has 0 aliphatic carbocycles. The number of benzene rings is 1. The summed E-state index contributed by atoms with van der Waals surface area (Å²) in [6.07, 6.45) is 3.30. The minimum absolute atomic E-state index is 0.438. The van der Waals surface area contributed by atoms with Crippen molar-refractivity contribution in [3.8, 4) is 11.8 Å². The van der Waals surface area contributed by atoms with Crippen molar-refractivity contribution < 1.29 is 4.74 Å². The number of imidazole rings is 1. The quantitative estimate of drug-likeness (QED) is 0.798. The van der Waals surface area contributed by atoms with Gasteiger partial charge in [-0.3, -0.25) is 0 Å². The van der Waals surface area contributed by atoms with Gasteiger partial charge < -0.3 is 9.72 Å². The number of hydrogen-bond donors (Lipinski definition) is 1. The monoisotopic (exact) mass is 194 g/mol. The van der Waals surface area contributed by atoms with E-state index >= 15 is 0 Å². The molecule has 0 aliphatic rings. The van der Waals surface area contributed by atoms with Gasteiger partial charge in [-0.2, -0.15) is 0 Å². The van der Waals surface area contributed by atoms with Crippen molar-refractivity contribution in [1.82, 2.24) is 9.97 Å². The maximum atomic E-state index is 5.87. The van der Waals surface area contributed by atoms with Gasteiger partial charge in [-0.25, -0.2) is 4.98 Å². The molecule has 0 fully saturated rings. The van der Waals surface area contributed by atoms with Gasteiger partial charge in [-0.15, -0.1) is 0 Å². The number of aromatic amines is 1. The molecule has 1 heterocycles. The largest absolute Gasteiger partial charge is 0.424 e. The fourth-order valence-corrected chi connectivity index (χ4v) is 1.11. The molecule has 0 radical (unpaired) electrons. The number of para-hydroxylation sites is 1. The molecule has 0 aliphatic heterocycles. The number of H-pyrrole nitrogens is 1. The molecule has 66 valence electrons. The van der Waals surface area contributed by atoms with Crippen LogP contribution in [0.5, 0.6) is 11.8 Å². The second-order valence-electron chi connectivity index (χ2n) is 2.43. The number of ether oxygens (including phenoxy) is 1. The zero-order valence-corrected chi connectivity index (χ0v) is 7.45. The summed E-state index contributed by atoms with van der Waals surface area (Å²) in [5, 5.41) is 0.568. The Bertz CT molecular complexity index is 386. The van der Waals surface area contributed by atoms with Gasteiger partial charge in [0.1, 0.15) is 5.75 Å². The SMILES string of the molecule is Clc1ccccc1Oc1ncc[nH]1. The highest BCUT2D eigenvalue weighted by atomic mass is 35.5. The van der Waals surface area contributed by atoms with Crippen LogP contribution in [0, 0.1) is 0 Å². The zero-order chi connectivity index (χ0) is 9.10. The predicted octanol–water partition coefficient (Wildman–Crippen LogP) is 2.86. The number of rotatable bonds is 2. The van der Waals surface area contributed by atoms with E-state index in [1.165, 1.54) is 0 Å². The van der Waals surface area contributed by atoms with E-state index in [1.54, 1.807) is 24.5 Å². The van der Waals surface area contributed by atoms with Crippen molar-refractivity contribution in [1.29, 1.82) is 0 Å². The second-order valence-corrected chi connectivity index (χ2v) is 2.83. The lowest BCUT2D eigenvalue weighted by Crippen LogP contribution is -1.85. The van der Waals surface area contributed by atoms with Crippen LogP contribution in [-0.2, 0) is 0 Å². The van der Waals surface area contributed by atoms with Crippen LogP contribution < -0.4 is 4.74 Å². The first-order valence-electron chi connectivity index (χ1n) is 3.78. The molecule has 0 atom stereocenters. The third kappa shape index (κ3) is 1.81. The first-order valence-corrected chi connectivity index (χ1v) is 4.16. The summed E-state index contributed by atoms with van der Waals surface area (Å²) in [6, 6.07) is 7.68. The van der Waals surface area contributed by atoms with Crippen LogP contribution in [0.4, 0.5) is 0 Å². The molecule has 3 nitrogen and oxygen atoms in total. The van der Waals surface area contributed by atoms with Crippen LogP contribution in [0.25, 0.3) is 0 Å². The van der Waals surface area contributed by atoms with Gasteiger partial charge >= 0.3 is 0 Å². The van der Waals surface area contributed by atoms with Crippen LogP contribution in [0.2, 0.25) is 5.02 Å². The molecule has 0 amide bonds. The van der Waals surface area contributed by atoms with Crippen LogP contribution >= 0.6 is 11.6 Å². The number of nitrogens with zero attached hydrogens (tertiary/aromatic N) is 1. The van der Waals surface area contributed by atoms with E-state index in [1.807, 2.05) is 12.1 Å². The van der Waals surface area contributed by atoms with Crippen molar-refractivity contribution in [2.24, 2.45) is 0 Å². The lowest BCUT2D eigenvalue weighted by atomic mass is 10.3. The molecule has 4 heteroatoms. The average Bonchev–Trinajstić information content (AvgIpc) is 2.61. The Morgan fingerprint density at radius 3 is 2.85 bits per heavy atom. The number of hydrogen-bond acceptors (Lipinski definition) is 2. The maximum absolute atomic E-state index is 5.87. The summed E-state index contributed by atoms with van der Waals surface area (Å²) >= 11 is 5.87. The smallest absolute Gasteiger partial charge is 0.299 e. The topological polar surface area (TPSA) is 37.9 Å². The highest BCUT2D eigenvalue weighted by Gasteiger charge is 2.01. The van der Waals surface area contributed by atoms with Gasteiger partial charge in [0.05, 0.1) is 5.02 Å². The molecule has 0 spiro atoms. The van der Waals surface area contributed by atoms with Gasteiger partial charge in [0, 0.05) is 12.4 Å². The van der Waals surface area contributed by atoms with Gasteiger partial charge in [0.15, 0.2) is 0 Å². The van der Waals surface area contributed by atoms with Gasteiger partial charge in [-0.1, -0.05) is 23.7 Å². The van der Waals surface area contributed by atoms with Crippen molar-refractivity contribution in [3.05, 3.63) is 41.7 Å². The fraction of sp³-hybridized carbons (Fsp3) is 0. The molecule has 0 unspecified atom stereocenters. The molecule has 1 aromatic heterocycles. The summed E-state index contributed by atoms with van der Waals surface area (Å²) in [6.45, 7) is 0. The van der Waals surface area contributed by atoms with Crippen molar-refractivity contribution in [2.45, 2.75) is 0 Å². The Morgan fingerprint density at radius 2 is 2.15 bits per heavy atom. The van der Waals surface area contributed by atoms with Crippen LogP contribution in [0.15, 0.2) is 36.7 Å². The molecule has 0 saturated carbocycles. The Labute approximate surface area is 80.3 Å². The summed E-state index contributed by atoms with van der Waals surface area (Å²) in [5.74, 6) is 0.596. The Balaban J connectivity index is 2.24. The van der Waals surface area contributed by atoms with E-state index in [2.05, 4.69) is 9.97 Å². The Hall–Kier alpha value is -1.48. The zero-order valence-electron chi connectivity index (χ0n) is 6.70. The highest BCUT2D eigenvalue weighted by Crippen LogP contribution is 2.26. The van der Waals surface area contributed by atoms with Crippen molar-refractivity contribution in [3.63, 3.8) is 0 Å². The summed E-state index contributed by atoms with van der Waals surface area (Å²) in [5.41, 5.74) is 0. The molecule has 1 aromatic carbocycles. The standard InChI is InChI=1S/C9H7ClN2O/c10-7-3-1-2-4-8(7)13-9-11-5-6-12-9/h1-6H,(H,11,12). The second kappa shape index (κ2) is 3.49. The lowest BCUT2D eigenvalue weighted by molar-refractivity contribution is 0.448. The first kappa shape index (κ1) is 8.13. The van der Waals surface area contributed by atoms with Gasteiger partial charge in [0.25, 0.3) is 6.01 Å². The summed E-state index contributed by atoms with van der Waals surface area (Å²) in [4.78, 5) is 6.74. The molecule has 2 aromatic rings. The molecular formula is C9H7ClN2O. The molecule has 2 rings (SSSR count). The lowest BCUT2D eigenvalue weighted by Gasteiger charge is -2.02.